The third kappa shape index (κ3) is 4.74. The maximum absolute atomic E-state index is 12.6. The number of ether oxygens (including phenoxy) is 1. The number of carbonyl (C=O) groups excluding carboxylic acids is 2. The molecule has 0 radical (unpaired) electrons. The van der Waals surface area contributed by atoms with Gasteiger partial charge in [-0.05, 0) is 61.6 Å². The Kier molecular flexibility index (Phi) is 5.61. The molecule has 0 spiro atoms. The summed E-state index contributed by atoms with van der Waals surface area (Å²) < 4.78 is 6.02. The van der Waals surface area contributed by atoms with Crippen molar-refractivity contribution in [1.29, 1.82) is 0 Å². The number of likely N-dealkylation sites (N-methyl/N-ethyl adjacent to an activating group) is 1. The van der Waals surface area contributed by atoms with E-state index in [4.69, 9.17) is 4.74 Å². The Bertz CT molecular complexity index is 636. The molecule has 1 aromatic carbocycles. The lowest BCUT2D eigenvalue weighted by Gasteiger charge is -2.17. The Balaban J connectivity index is 1.72. The van der Waals surface area contributed by atoms with Crippen LogP contribution in [-0.4, -0.2) is 31.5 Å². The van der Waals surface area contributed by atoms with E-state index in [0.29, 0.717) is 23.8 Å². The van der Waals surface area contributed by atoms with Crippen molar-refractivity contribution in [3.8, 4) is 5.75 Å². The van der Waals surface area contributed by atoms with Gasteiger partial charge in [0.05, 0.1) is 6.61 Å². The van der Waals surface area contributed by atoms with E-state index in [1.54, 1.807) is 7.05 Å². The average Bonchev–Trinajstić information content (AvgIpc) is 3.51. The molecule has 0 unspecified atom stereocenters. The maximum Gasteiger partial charge on any atom is 0.252 e. The SMILES string of the molecule is CCC[C@H](NC(=O)c1ccc(C2CC2)c(OCC2CC2)c1)C(=O)NC. The van der Waals surface area contributed by atoms with Crippen LogP contribution in [0.25, 0.3) is 0 Å². The van der Waals surface area contributed by atoms with Crippen LogP contribution < -0.4 is 15.4 Å². The van der Waals surface area contributed by atoms with E-state index in [2.05, 4.69) is 10.6 Å². The summed E-state index contributed by atoms with van der Waals surface area (Å²) in [5, 5.41) is 5.46. The van der Waals surface area contributed by atoms with Gasteiger partial charge in [-0.2, -0.15) is 0 Å². The van der Waals surface area contributed by atoms with Gasteiger partial charge in [0.2, 0.25) is 5.91 Å². The number of benzene rings is 1. The summed E-state index contributed by atoms with van der Waals surface area (Å²) in [5.74, 6) is 1.71. The minimum atomic E-state index is -0.499. The Labute approximate surface area is 149 Å². The second-order valence-electron chi connectivity index (χ2n) is 7.21. The van der Waals surface area contributed by atoms with Crippen LogP contribution in [0.1, 0.15) is 67.3 Å². The Morgan fingerprint density at radius 3 is 2.60 bits per heavy atom. The zero-order valence-corrected chi connectivity index (χ0v) is 15.1. The van der Waals surface area contributed by atoms with E-state index in [-0.39, 0.29) is 11.8 Å². The second-order valence-corrected chi connectivity index (χ2v) is 7.21. The van der Waals surface area contributed by atoms with Gasteiger partial charge in [-0.15, -0.1) is 0 Å². The van der Waals surface area contributed by atoms with Crippen molar-refractivity contribution >= 4 is 11.8 Å². The van der Waals surface area contributed by atoms with Gasteiger partial charge in [-0.25, -0.2) is 0 Å². The highest BCUT2D eigenvalue weighted by Crippen LogP contribution is 2.45. The van der Waals surface area contributed by atoms with Gasteiger partial charge < -0.3 is 15.4 Å². The summed E-state index contributed by atoms with van der Waals surface area (Å²) in [6.45, 7) is 2.73. The Morgan fingerprint density at radius 1 is 1.24 bits per heavy atom. The minimum Gasteiger partial charge on any atom is -0.493 e. The van der Waals surface area contributed by atoms with E-state index in [1.165, 1.54) is 31.2 Å². The van der Waals surface area contributed by atoms with Crippen molar-refractivity contribution in [1.82, 2.24) is 10.6 Å². The highest BCUT2D eigenvalue weighted by molar-refractivity contribution is 5.97. The topological polar surface area (TPSA) is 67.4 Å². The van der Waals surface area contributed by atoms with Gasteiger partial charge in [-0.1, -0.05) is 19.4 Å². The molecule has 0 aromatic heterocycles. The van der Waals surface area contributed by atoms with Crippen molar-refractivity contribution in [2.75, 3.05) is 13.7 Å². The third-order valence-electron chi connectivity index (χ3n) is 4.91. The van der Waals surface area contributed by atoms with E-state index in [9.17, 15) is 9.59 Å². The molecule has 2 aliphatic carbocycles. The lowest BCUT2D eigenvalue weighted by molar-refractivity contribution is -0.122. The lowest BCUT2D eigenvalue weighted by Crippen LogP contribution is -2.45. The zero-order chi connectivity index (χ0) is 17.8. The fourth-order valence-electron chi connectivity index (χ4n) is 3.00. The molecule has 2 aliphatic rings. The molecular formula is C20H28N2O3. The quantitative estimate of drug-likeness (QED) is 0.724. The van der Waals surface area contributed by atoms with Crippen molar-refractivity contribution in [2.24, 2.45) is 5.92 Å². The second kappa shape index (κ2) is 7.89. The molecule has 5 heteroatoms. The van der Waals surface area contributed by atoms with E-state index in [1.807, 2.05) is 25.1 Å². The van der Waals surface area contributed by atoms with E-state index < -0.39 is 6.04 Å². The first-order valence-corrected chi connectivity index (χ1v) is 9.41. The highest BCUT2D eigenvalue weighted by Gasteiger charge is 2.29. The molecule has 3 rings (SSSR count). The van der Waals surface area contributed by atoms with E-state index in [0.717, 1.165) is 18.8 Å². The number of hydrogen-bond acceptors (Lipinski definition) is 3. The highest BCUT2D eigenvalue weighted by atomic mass is 16.5. The monoisotopic (exact) mass is 344 g/mol. The Hall–Kier alpha value is -2.04. The number of rotatable bonds is 9. The first-order chi connectivity index (χ1) is 12.1. The normalized spacial score (nSPS) is 17.7. The first kappa shape index (κ1) is 17.8. The molecule has 25 heavy (non-hydrogen) atoms. The molecule has 5 nitrogen and oxygen atoms in total. The van der Waals surface area contributed by atoms with E-state index >= 15 is 0 Å². The fourth-order valence-corrected chi connectivity index (χ4v) is 3.00. The van der Waals surface area contributed by atoms with Gasteiger partial charge in [0.1, 0.15) is 11.8 Å². The lowest BCUT2D eigenvalue weighted by atomic mass is 10.0. The van der Waals surface area contributed by atoms with Gasteiger partial charge >= 0.3 is 0 Å². The predicted molar refractivity (Wildman–Crippen MR) is 96.9 cm³/mol. The van der Waals surface area contributed by atoms with Gasteiger partial charge in [0.15, 0.2) is 0 Å². The van der Waals surface area contributed by atoms with Crippen LogP contribution in [0.2, 0.25) is 0 Å². The van der Waals surface area contributed by atoms with Crippen molar-refractivity contribution in [3.05, 3.63) is 29.3 Å². The van der Waals surface area contributed by atoms with Crippen LogP contribution in [0.4, 0.5) is 0 Å². The summed E-state index contributed by atoms with van der Waals surface area (Å²) in [4.78, 5) is 24.5. The maximum atomic E-state index is 12.6. The number of nitrogens with one attached hydrogen (secondary N) is 2. The Morgan fingerprint density at radius 2 is 2.00 bits per heavy atom. The molecule has 0 bridgehead atoms. The molecule has 0 heterocycles. The molecule has 2 fully saturated rings. The molecule has 2 saturated carbocycles. The van der Waals surface area contributed by atoms with Crippen LogP contribution >= 0.6 is 0 Å². The van der Waals surface area contributed by atoms with Crippen LogP contribution in [0.3, 0.4) is 0 Å². The van der Waals surface area contributed by atoms with Crippen LogP contribution in [0.5, 0.6) is 5.75 Å². The molecule has 0 saturated heterocycles. The molecular weight excluding hydrogens is 316 g/mol. The summed E-state index contributed by atoms with van der Waals surface area (Å²) in [6, 6.07) is 5.21. The van der Waals surface area contributed by atoms with Crippen LogP contribution in [-0.2, 0) is 4.79 Å². The van der Waals surface area contributed by atoms with Gasteiger partial charge in [0, 0.05) is 12.6 Å². The van der Waals surface area contributed by atoms with Crippen molar-refractivity contribution in [3.63, 3.8) is 0 Å². The number of carbonyl (C=O) groups is 2. The van der Waals surface area contributed by atoms with Crippen molar-refractivity contribution < 1.29 is 14.3 Å². The molecule has 2 amide bonds. The van der Waals surface area contributed by atoms with Gasteiger partial charge in [-0.3, -0.25) is 9.59 Å². The zero-order valence-electron chi connectivity index (χ0n) is 15.1. The number of hydrogen-bond donors (Lipinski definition) is 2. The summed E-state index contributed by atoms with van der Waals surface area (Å²) in [7, 11) is 1.59. The smallest absolute Gasteiger partial charge is 0.252 e. The predicted octanol–water partition coefficient (Wildman–Crippen LogP) is 3.00. The van der Waals surface area contributed by atoms with Crippen LogP contribution in [0, 0.1) is 5.92 Å². The third-order valence-corrected chi connectivity index (χ3v) is 4.91. The molecule has 136 valence electrons. The summed E-state index contributed by atoms with van der Waals surface area (Å²) in [6.07, 6.45) is 6.32. The minimum absolute atomic E-state index is 0.157. The summed E-state index contributed by atoms with van der Waals surface area (Å²) in [5.41, 5.74) is 1.77. The molecule has 1 aromatic rings. The van der Waals surface area contributed by atoms with Crippen LogP contribution in [0.15, 0.2) is 18.2 Å². The standard InChI is InChI=1S/C20H28N2O3/c1-3-4-17(20(24)21-2)22-19(23)15-9-10-16(14-7-8-14)18(11-15)25-12-13-5-6-13/h9-11,13-14,17H,3-8,12H2,1-2H3,(H,21,24)(H,22,23)/t17-/m0/s1. The average molecular weight is 344 g/mol. The van der Waals surface area contributed by atoms with Crippen molar-refractivity contribution in [2.45, 2.75) is 57.4 Å². The molecule has 2 N–H and O–H groups in total. The van der Waals surface area contributed by atoms with Gasteiger partial charge in [0.25, 0.3) is 5.91 Å². The number of amides is 2. The summed E-state index contributed by atoms with van der Waals surface area (Å²) >= 11 is 0. The molecule has 1 atom stereocenters. The fraction of sp³-hybridized carbons (Fsp3) is 0.600. The largest absolute Gasteiger partial charge is 0.493 e. The first-order valence-electron chi connectivity index (χ1n) is 9.41. The molecule has 0 aliphatic heterocycles.